The maximum absolute atomic E-state index is 5.41. The summed E-state index contributed by atoms with van der Waals surface area (Å²) in [7, 11) is 3.38. The molecule has 2 rings (SSSR count). The van der Waals surface area contributed by atoms with Gasteiger partial charge in [0.1, 0.15) is 11.5 Å². The third-order valence-corrected chi connectivity index (χ3v) is 3.47. The van der Waals surface area contributed by atoms with Crippen LogP contribution in [0, 0.1) is 13.8 Å². The zero-order valence-electron chi connectivity index (χ0n) is 12.5. The van der Waals surface area contributed by atoms with Crippen molar-refractivity contribution in [2.45, 2.75) is 20.4 Å². The molecule has 0 amide bonds. The summed E-state index contributed by atoms with van der Waals surface area (Å²) in [5, 5.41) is 3.40. The molecule has 106 valence electrons. The third-order valence-electron chi connectivity index (χ3n) is 3.47. The van der Waals surface area contributed by atoms with Gasteiger partial charge in [-0.05, 0) is 48.7 Å². The van der Waals surface area contributed by atoms with Gasteiger partial charge in [0, 0.05) is 18.3 Å². The van der Waals surface area contributed by atoms with Crippen molar-refractivity contribution in [2.75, 3.05) is 19.5 Å². The van der Waals surface area contributed by atoms with Crippen LogP contribution in [0.1, 0.15) is 16.7 Å². The Hall–Kier alpha value is -2.16. The largest absolute Gasteiger partial charge is 0.497 e. The fourth-order valence-corrected chi connectivity index (χ4v) is 2.15. The van der Waals surface area contributed by atoms with E-state index in [2.05, 4.69) is 31.3 Å². The highest BCUT2D eigenvalue weighted by molar-refractivity contribution is 5.49. The highest BCUT2D eigenvalue weighted by atomic mass is 16.5. The van der Waals surface area contributed by atoms with Crippen LogP contribution in [0.15, 0.2) is 36.4 Å². The molecular formula is C17H21NO2. The topological polar surface area (TPSA) is 30.5 Å². The van der Waals surface area contributed by atoms with Crippen molar-refractivity contribution in [3.8, 4) is 11.5 Å². The van der Waals surface area contributed by atoms with Gasteiger partial charge in [0.05, 0.1) is 14.2 Å². The highest BCUT2D eigenvalue weighted by Crippen LogP contribution is 2.24. The maximum atomic E-state index is 5.41. The molecule has 0 aliphatic carbocycles. The van der Waals surface area contributed by atoms with Crippen molar-refractivity contribution in [3.63, 3.8) is 0 Å². The van der Waals surface area contributed by atoms with Crippen molar-refractivity contribution in [2.24, 2.45) is 0 Å². The first-order valence-electron chi connectivity index (χ1n) is 6.66. The van der Waals surface area contributed by atoms with E-state index in [0.717, 1.165) is 23.7 Å². The van der Waals surface area contributed by atoms with Gasteiger partial charge in [0.25, 0.3) is 0 Å². The minimum absolute atomic E-state index is 0.755. The molecular weight excluding hydrogens is 250 g/mol. The fraction of sp³-hybridized carbons (Fsp3) is 0.294. The number of hydrogen-bond donors (Lipinski definition) is 1. The predicted molar refractivity (Wildman–Crippen MR) is 82.8 cm³/mol. The van der Waals surface area contributed by atoms with Crippen LogP contribution in [0.5, 0.6) is 11.5 Å². The number of aryl methyl sites for hydroxylation is 1. The molecule has 0 unspecified atom stereocenters. The predicted octanol–water partition coefficient (Wildman–Crippen LogP) is 3.93. The number of ether oxygens (including phenoxy) is 2. The lowest BCUT2D eigenvalue weighted by molar-refractivity contribution is 0.411. The molecule has 0 radical (unpaired) electrons. The van der Waals surface area contributed by atoms with Crippen LogP contribution < -0.4 is 14.8 Å². The van der Waals surface area contributed by atoms with E-state index in [4.69, 9.17) is 9.47 Å². The second kappa shape index (κ2) is 6.33. The molecule has 0 bridgehead atoms. The molecule has 0 spiro atoms. The monoisotopic (exact) mass is 271 g/mol. The van der Waals surface area contributed by atoms with Crippen molar-refractivity contribution in [1.29, 1.82) is 0 Å². The molecule has 2 aromatic carbocycles. The molecule has 3 heteroatoms. The van der Waals surface area contributed by atoms with Crippen molar-refractivity contribution >= 4 is 5.69 Å². The van der Waals surface area contributed by atoms with Crippen molar-refractivity contribution in [1.82, 2.24) is 0 Å². The Bertz CT molecular complexity index is 594. The first kappa shape index (κ1) is 14.3. The molecule has 1 N–H and O–H groups in total. The van der Waals surface area contributed by atoms with Crippen LogP contribution in [-0.2, 0) is 6.54 Å². The number of hydrogen-bond acceptors (Lipinski definition) is 3. The number of methoxy groups -OCH3 is 2. The van der Waals surface area contributed by atoms with Crippen molar-refractivity contribution in [3.05, 3.63) is 53.1 Å². The fourth-order valence-electron chi connectivity index (χ4n) is 2.15. The Balaban J connectivity index is 2.12. The second-order valence-electron chi connectivity index (χ2n) is 4.83. The van der Waals surface area contributed by atoms with Gasteiger partial charge in [0.15, 0.2) is 0 Å². The van der Waals surface area contributed by atoms with E-state index in [9.17, 15) is 0 Å². The normalized spacial score (nSPS) is 10.2. The Morgan fingerprint density at radius 1 is 1.00 bits per heavy atom. The average Bonchev–Trinajstić information content (AvgIpc) is 2.48. The van der Waals surface area contributed by atoms with E-state index in [1.807, 2.05) is 24.3 Å². The van der Waals surface area contributed by atoms with Gasteiger partial charge < -0.3 is 14.8 Å². The minimum Gasteiger partial charge on any atom is -0.497 e. The van der Waals surface area contributed by atoms with Crippen LogP contribution >= 0.6 is 0 Å². The van der Waals surface area contributed by atoms with E-state index in [-0.39, 0.29) is 0 Å². The summed E-state index contributed by atoms with van der Waals surface area (Å²) >= 11 is 0. The zero-order valence-corrected chi connectivity index (χ0v) is 12.5. The number of anilines is 1. The summed E-state index contributed by atoms with van der Waals surface area (Å²) in [6.45, 7) is 4.94. The molecule has 20 heavy (non-hydrogen) atoms. The van der Waals surface area contributed by atoms with Crippen molar-refractivity contribution < 1.29 is 9.47 Å². The number of benzene rings is 2. The molecule has 0 heterocycles. The van der Waals surface area contributed by atoms with Gasteiger partial charge in [-0.15, -0.1) is 0 Å². The summed E-state index contributed by atoms with van der Waals surface area (Å²) in [4.78, 5) is 0. The molecule has 0 saturated carbocycles. The first-order valence-corrected chi connectivity index (χ1v) is 6.66. The Morgan fingerprint density at radius 3 is 2.50 bits per heavy atom. The highest BCUT2D eigenvalue weighted by Gasteiger charge is 2.05. The third kappa shape index (κ3) is 3.23. The Morgan fingerprint density at radius 2 is 1.80 bits per heavy atom. The van der Waals surface area contributed by atoms with Gasteiger partial charge in [-0.3, -0.25) is 0 Å². The van der Waals surface area contributed by atoms with Crippen LogP contribution in [-0.4, -0.2) is 14.2 Å². The number of nitrogens with one attached hydrogen (secondary N) is 1. The molecule has 0 aliphatic heterocycles. The first-order chi connectivity index (χ1) is 9.63. The van der Waals surface area contributed by atoms with Gasteiger partial charge in [0.2, 0.25) is 0 Å². The van der Waals surface area contributed by atoms with Gasteiger partial charge in [-0.2, -0.15) is 0 Å². The molecule has 2 aromatic rings. The summed E-state index contributed by atoms with van der Waals surface area (Å²) in [6.07, 6.45) is 0. The lowest BCUT2D eigenvalue weighted by atomic mass is 10.0. The van der Waals surface area contributed by atoms with Crippen LogP contribution in [0.3, 0.4) is 0 Å². The quantitative estimate of drug-likeness (QED) is 0.893. The molecule has 0 aromatic heterocycles. The van der Waals surface area contributed by atoms with Crippen LogP contribution in [0.2, 0.25) is 0 Å². The molecule has 0 aliphatic rings. The molecule has 0 fully saturated rings. The van der Waals surface area contributed by atoms with E-state index in [0.29, 0.717) is 0 Å². The van der Waals surface area contributed by atoms with Gasteiger partial charge in [-0.25, -0.2) is 0 Å². The summed E-state index contributed by atoms with van der Waals surface area (Å²) in [5.74, 6) is 1.79. The van der Waals surface area contributed by atoms with E-state index in [1.165, 1.54) is 16.7 Å². The Labute approximate surface area is 120 Å². The Kier molecular flexibility index (Phi) is 4.51. The summed E-state index contributed by atoms with van der Waals surface area (Å²) in [5.41, 5.74) is 4.68. The summed E-state index contributed by atoms with van der Waals surface area (Å²) in [6, 6.07) is 12.2. The van der Waals surface area contributed by atoms with Crippen LogP contribution in [0.4, 0.5) is 5.69 Å². The smallest absolute Gasteiger partial charge is 0.122 e. The average molecular weight is 271 g/mol. The molecule has 0 atom stereocenters. The standard InChI is InChI=1S/C17H21NO2/c1-12-8-14(9-17(20-4)13(12)2)11-18-15-6-5-7-16(10-15)19-3/h5-10,18H,11H2,1-4H3. The van der Waals surface area contributed by atoms with Gasteiger partial charge >= 0.3 is 0 Å². The lowest BCUT2D eigenvalue weighted by Gasteiger charge is -2.12. The minimum atomic E-state index is 0.755. The van der Waals surface area contributed by atoms with E-state index >= 15 is 0 Å². The summed E-state index contributed by atoms with van der Waals surface area (Å²) < 4.78 is 10.6. The second-order valence-corrected chi connectivity index (χ2v) is 4.83. The van der Waals surface area contributed by atoms with E-state index in [1.54, 1.807) is 14.2 Å². The SMILES string of the molecule is COc1cccc(NCc2cc(C)c(C)c(OC)c2)c1. The van der Waals surface area contributed by atoms with Gasteiger partial charge in [-0.1, -0.05) is 12.1 Å². The van der Waals surface area contributed by atoms with Crippen LogP contribution in [0.25, 0.3) is 0 Å². The number of rotatable bonds is 5. The maximum Gasteiger partial charge on any atom is 0.122 e. The zero-order chi connectivity index (χ0) is 14.5. The van der Waals surface area contributed by atoms with E-state index < -0.39 is 0 Å². The molecule has 0 saturated heterocycles. The molecule has 3 nitrogen and oxygen atoms in total. The lowest BCUT2D eigenvalue weighted by Crippen LogP contribution is -2.01.